The van der Waals surface area contributed by atoms with E-state index in [0.29, 0.717) is 13.1 Å². The number of aliphatic hydroxyl groups is 1. The molecule has 2 N–H and O–H groups in total. The number of rotatable bonds is 4. The van der Waals surface area contributed by atoms with Crippen molar-refractivity contribution in [3.8, 4) is 0 Å². The molecule has 21 heavy (non-hydrogen) atoms. The summed E-state index contributed by atoms with van der Waals surface area (Å²) < 4.78 is 0. The van der Waals surface area contributed by atoms with Crippen LogP contribution in [-0.2, 0) is 6.54 Å². The normalized spacial score (nSPS) is 21.6. The Bertz CT molecular complexity index is 417. The lowest BCUT2D eigenvalue weighted by Gasteiger charge is -2.35. The van der Waals surface area contributed by atoms with Crippen LogP contribution >= 0.6 is 24.8 Å². The molecule has 1 aromatic heterocycles. The third kappa shape index (κ3) is 6.49. The molecule has 0 aromatic carbocycles. The lowest BCUT2D eigenvalue weighted by Crippen LogP contribution is -2.52. The van der Waals surface area contributed by atoms with Gasteiger partial charge in [-0.1, -0.05) is 0 Å². The molecule has 0 bridgehead atoms. The van der Waals surface area contributed by atoms with Crippen LogP contribution < -0.4 is 5.32 Å². The number of nitrogens with zero attached hydrogens (tertiary/aromatic N) is 2. The Labute approximate surface area is 140 Å². The van der Waals surface area contributed by atoms with Crippen molar-refractivity contribution < 1.29 is 5.11 Å². The van der Waals surface area contributed by atoms with Gasteiger partial charge in [-0.25, -0.2) is 0 Å². The van der Waals surface area contributed by atoms with E-state index in [2.05, 4.69) is 34.3 Å². The van der Waals surface area contributed by atoms with Crippen molar-refractivity contribution in [1.29, 1.82) is 0 Å². The second-order valence-electron chi connectivity index (χ2n) is 5.95. The Morgan fingerprint density at radius 3 is 2.62 bits per heavy atom. The van der Waals surface area contributed by atoms with Gasteiger partial charge in [-0.05, 0) is 58.0 Å². The Morgan fingerprint density at radius 1 is 1.33 bits per heavy atom. The second-order valence-corrected chi connectivity index (χ2v) is 5.95. The predicted octanol–water partition coefficient (Wildman–Crippen LogP) is 2.09. The Morgan fingerprint density at radius 2 is 2.05 bits per heavy atom. The molecule has 1 atom stereocenters. The third-order valence-electron chi connectivity index (χ3n) is 3.60. The van der Waals surface area contributed by atoms with E-state index in [1.165, 1.54) is 5.56 Å². The van der Waals surface area contributed by atoms with Crippen LogP contribution in [0.2, 0.25) is 0 Å². The van der Waals surface area contributed by atoms with Gasteiger partial charge in [-0.3, -0.25) is 9.88 Å². The lowest BCUT2D eigenvalue weighted by molar-refractivity contribution is -0.0114. The number of hydrogen-bond donors (Lipinski definition) is 2. The summed E-state index contributed by atoms with van der Waals surface area (Å²) in [6.07, 6.45) is 1.93. The summed E-state index contributed by atoms with van der Waals surface area (Å²) >= 11 is 0. The van der Waals surface area contributed by atoms with Gasteiger partial charge in [0.1, 0.15) is 0 Å². The number of nitrogens with one attached hydrogen (secondary N) is 1. The lowest BCUT2D eigenvalue weighted by atomic mass is 9.93. The van der Waals surface area contributed by atoms with Gasteiger partial charge in [0.25, 0.3) is 0 Å². The van der Waals surface area contributed by atoms with Crippen LogP contribution in [-0.4, -0.2) is 47.3 Å². The summed E-state index contributed by atoms with van der Waals surface area (Å²) in [7, 11) is 2.05. The van der Waals surface area contributed by atoms with Crippen LogP contribution in [0.4, 0.5) is 0 Å². The van der Waals surface area contributed by atoms with Crippen LogP contribution in [0.5, 0.6) is 0 Å². The first-order valence-electron chi connectivity index (χ1n) is 7.03. The summed E-state index contributed by atoms with van der Waals surface area (Å²) in [5.41, 5.74) is 2.79. The average molecular weight is 336 g/mol. The minimum atomic E-state index is -0.591. The molecule has 1 aliphatic rings. The smallest absolute Gasteiger partial charge is 0.0898 e. The maximum Gasteiger partial charge on any atom is 0.0898 e. The number of likely N-dealkylation sites (N-methyl/N-ethyl adjacent to an activating group) is 1. The fraction of sp³-hybridized carbons (Fsp3) is 0.667. The Balaban J connectivity index is 0.00000200. The maximum absolute atomic E-state index is 10.5. The van der Waals surface area contributed by atoms with Crippen LogP contribution in [0.15, 0.2) is 12.1 Å². The fourth-order valence-electron chi connectivity index (χ4n) is 2.93. The fourth-order valence-corrected chi connectivity index (χ4v) is 2.93. The van der Waals surface area contributed by atoms with Gasteiger partial charge < -0.3 is 10.4 Å². The van der Waals surface area contributed by atoms with E-state index < -0.39 is 5.60 Å². The van der Waals surface area contributed by atoms with Crippen molar-refractivity contribution in [3.63, 3.8) is 0 Å². The Kier molecular flexibility index (Phi) is 8.74. The van der Waals surface area contributed by atoms with Crippen molar-refractivity contribution in [2.45, 2.75) is 38.8 Å². The highest BCUT2D eigenvalue weighted by Gasteiger charge is 2.30. The molecule has 2 heterocycles. The first kappa shape index (κ1) is 20.6. The van der Waals surface area contributed by atoms with E-state index in [-0.39, 0.29) is 24.8 Å². The van der Waals surface area contributed by atoms with E-state index in [4.69, 9.17) is 0 Å². The first-order valence-corrected chi connectivity index (χ1v) is 7.03. The third-order valence-corrected chi connectivity index (χ3v) is 3.60. The molecule has 6 heteroatoms. The van der Waals surface area contributed by atoms with Crippen molar-refractivity contribution in [3.05, 3.63) is 29.1 Å². The van der Waals surface area contributed by atoms with Crippen LogP contribution in [0.25, 0.3) is 0 Å². The van der Waals surface area contributed by atoms with Gasteiger partial charge in [0, 0.05) is 25.3 Å². The zero-order chi connectivity index (χ0) is 13.9. The van der Waals surface area contributed by atoms with E-state index in [9.17, 15) is 5.11 Å². The highest BCUT2D eigenvalue weighted by Crippen LogP contribution is 2.18. The van der Waals surface area contributed by atoms with Gasteiger partial charge in [-0.2, -0.15) is 0 Å². The summed E-state index contributed by atoms with van der Waals surface area (Å²) in [5, 5.41) is 13.8. The van der Waals surface area contributed by atoms with Gasteiger partial charge in [0.05, 0.1) is 11.3 Å². The summed E-state index contributed by atoms with van der Waals surface area (Å²) in [6.45, 7) is 7.30. The number of pyridine rings is 1. The van der Waals surface area contributed by atoms with Crippen LogP contribution in [0.1, 0.15) is 29.8 Å². The summed E-state index contributed by atoms with van der Waals surface area (Å²) in [6, 6.07) is 4.20. The molecule has 122 valence electrons. The maximum atomic E-state index is 10.5. The summed E-state index contributed by atoms with van der Waals surface area (Å²) in [4.78, 5) is 6.71. The number of aromatic nitrogens is 1. The molecule has 0 radical (unpaired) electrons. The average Bonchev–Trinajstić information content (AvgIpc) is 2.27. The molecule has 1 unspecified atom stereocenters. The van der Waals surface area contributed by atoms with E-state index in [0.717, 1.165) is 37.3 Å². The monoisotopic (exact) mass is 335 g/mol. The minimum Gasteiger partial charge on any atom is -0.387 e. The molecule has 1 saturated heterocycles. The number of halogens is 2. The van der Waals surface area contributed by atoms with Gasteiger partial charge in [-0.15, -0.1) is 24.8 Å². The standard InChI is InChI=1S/C15H25N3O.2ClH/c1-12-7-13(2)17-14(8-12)9-18(3)11-15(19)5-4-6-16-10-15;;/h7-8,16,19H,4-6,9-11H2,1-3H3;2*1H. The molecule has 1 aromatic rings. The molecule has 4 nitrogen and oxygen atoms in total. The molecule has 0 amide bonds. The van der Waals surface area contributed by atoms with Crippen molar-refractivity contribution in [1.82, 2.24) is 15.2 Å². The molecular weight excluding hydrogens is 309 g/mol. The van der Waals surface area contributed by atoms with Gasteiger partial charge >= 0.3 is 0 Å². The SMILES string of the molecule is Cc1cc(C)nc(CN(C)CC2(O)CCCNC2)c1.Cl.Cl. The minimum absolute atomic E-state index is 0. The molecule has 1 fully saturated rings. The topological polar surface area (TPSA) is 48.4 Å². The van der Waals surface area contributed by atoms with Crippen LogP contribution in [0.3, 0.4) is 0 Å². The largest absolute Gasteiger partial charge is 0.387 e. The quantitative estimate of drug-likeness (QED) is 0.884. The van der Waals surface area contributed by atoms with Crippen molar-refractivity contribution >= 4 is 24.8 Å². The highest BCUT2D eigenvalue weighted by molar-refractivity contribution is 5.85. The zero-order valence-electron chi connectivity index (χ0n) is 13.1. The number of piperidine rings is 1. The van der Waals surface area contributed by atoms with Gasteiger partial charge in [0.2, 0.25) is 0 Å². The molecule has 0 spiro atoms. The number of hydrogen-bond acceptors (Lipinski definition) is 4. The zero-order valence-corrected chi connectivity index (χ0v) is 14.7. The number of β-amino-alcohol motifs (C(OH)–C–C–N with tert-alkyl or cyclic N) is 1. The molecule has 0 aliphatic carbocycles. The van der Waals surface area contributed by atoms with Crippen LogP contribution in [0, 0.1) is 13.8 Å². The van der Waals surface area contributed by atoms with E-state index >= 15 is 0 Å². The second kappa shape index (κ2) is 8.91. The molecule has 0 saturated carbocycles. The van der Waals surface area contributed by atoms with E-state index in [1.54, 1.807) is 0 Å². The molecule has 1 aliphatic heterocycles. The number of aryl methyl sites for hydroxylation is 2. The predicted molar refractivity (Wildman–Crippen MR) is 91.6 cm³/mol. The van der Waals surface area contributed by atoms with Crippen molar-refractivity contribution in [2.75, 3.05) is 26.7 Å². The molecular formula is C15H27Cl2N3O. The molecule has 2 rings (SSSR count). The Hall–Kier alpha value is -0.390. The van der Waals surface area contributed by atoms with Gasteiger partial charge in [0.15, 0.2) is 0 Å². The first-order chi connectivity index (χ1) is 8.97. The highest BCUT2D eigenvalue weighted by atomic mass is 35.5. The van der Waals surface area contributed by atoms with Crippen molar-refractivity contribution in [2.24, 2.45) is 0 Å². The summed E-state index contributed by atoms with van der Waals surface area (Å²) in [5.74, 6) is 0. The van der Waals surface area contributed by atoms with E-state index in [1.807, 2.05) is 14.0 Å².